The van der Waals surface area contributed by atoms with Crippen LogP contribution in [0.25, 0.3) is 5.82 Å². The van der Waals surface area contributed by atoms with Crippen LogP contribution in [0.3, 0.4) is 0 Å². The highest BCUT2D eigenvalue weighted by Crippen LogP contribution is 2.37. The zero-order valence-corrected chi connectivity index (χ0v) is 22.4. The number of ketones is 1. The fraction of sp³-hybridized carbons (Fsp3) is 0.444. The normalized spacial score (nSPS) is 16.5. The van der Waals surface area contributed by atoms with Crippen molar-refractivity contribution in [2.45, 2.75) is 57.5 Å². The number of nitrogens with zero attached hydrogens (tertiary/aromatic N) is 5. The number of hydrogen-bond acceptors (Lipinski definition) is 6. The molecule has 0 radical (unpaired) electrons. The summed E-state index contributed by atoms with van der Waals surface area (Å²) in [5.41, 5.74) is -3.86. The number of Topliss-reactive ketones (excluding diaryl/α,β-unsaturated/α-hetero) is 1. The molecule has 0 unspecified atom stereocenters. The van der Waals surface area contributed by atoms with Gasteiger partial charge in [0.2, 0.25) is 0 Å². The number of morpholine rings is 1. The highest BCUT2D eigenvalue weighted by atomic mass is 19.4. The lowest BCUT2D eigenvalue weighted by atomic mass is 9.96. The fourth-order valence-corrected chi connectivity index (χ4v) is 4.51. The Morgan fingerprint density at radius 2 is 1.66 bits per heavy atom. The lowest BCUT2D eigenvalue weighted by Gasteiger charge is -2.38. The number of ether oxygens (including phenoxy) is 1. The standard InChI is InChI=1S/C27H27F6N5O3/c1-16(4-6-21(39)18-10-19(26(28,29)30)12-20(11-18)27(31,32)33)23-35-15-36-38(23)22-7-5-17(13-34-22)24(40)37-8-9-41-25(2,3)14-37/h5,7,10-13,15-16H,4,6,8-9,14H2,1-3H3/t16-/m1/s1. The smallest absolute Gasteiger partial charge is 0.372 e. The molecule has 1 aromatic carbocycles. The molecule has 1 aliphatic rings. The van der Waals surface area contributed by atoms with E-state index in [9.17, 15) is 35.9 Å². The molecule has 4 rings (SSSR count). The molecule has 14 heteroatoms. The highest BCUT2D eigenvalue weighted by Gasteiger charge is 2.37. The van der Waals surface area contributed by atoms with Gasteiger partial charge in [-0.1, -0.05) is 6.92 Å². The Morgan fingerprint density at radius 1 is 1.00 bits per heavy atom. The van der Waals surface area contributed by atoms with Crippen LogP contribution in [0.15, 0.2) is 42.9 Å². The summed E-state index contributed by atoms with van der Waals surface area (Å²) in [4.78, 5) is 35.8. The average molecular weight is 584 g/mol. The van der Waals surface area contributed by atoms with Gasteiger partial charge >= 0.3 is 12.4 Å². The summed E-state index contributed by atoms with van der Waals surface area (Å²) in [5.74, 6) is -0.823. The number of pyridine rings is 1. The molecule has 3 aromatic rings. The molecule has 1 aliphatic heterocycles. The Kier molecular flexibility index (Phi) is 8.25. The van der Waals surface area contributed by atoms with Crippen molar-refractivity contribution in [2.24, 2.45) is 0 Å². The van der Waals surface area contributed by atoms with Crippen LogP contribution < -0.4 is 0 Å². The van der Waals surface area contributed by atoms with Gasteiger partial charge in [-0.15, -0.1) is 0 Å². The molecule has 0 saturated carbocycles. The molecule has 1 saturated heterocycles. The lowest BCUT2D eigenvalue weighted by molar-refractivity contribution is -0.143. The third kappa shape index (κ3) is 7.10. The summed E-state index contributed by atoms with van der Waals surface area (Å²) in [5, 5.41) is 4.15. The van der Waals surface area contributed by atoms with Gasteiger partial charge in [0.15, 0.2) is 11.6 Å². The van der Waals surface area contributed by atoms with Gasteiger partial charge in [-0.3, -0.25) is 9.59 Å². The van der Waals surface area contributed by atoms with Gasteiger partial charge in [0.25, 0.3) is 5.91 Å². The van der Waals surface area contributed by atoms with Crippen LogP contribution >= 0.6 is 0 Å². The van der Waals surface area contributed by atoms with Crippen LogP contribution in [0, 0.1) is 0 Å². The molecule has 3 heterocycles. The van der Waals surface area contributed by atoms with Crippen LogP contribution in [0.5, 0.6) is 0 Å². The number of halogens is 6. The van der Waals surface area contributed by atoms with E-state index in [0.29, 0.717) is 49.0 Å². The van der Waals surface area contributed by atoms with Crippen molar-refractivity contribution in [3.63, 3.8) is 0 Å². The maximum Gasteiger partial charge on any atom is 0.416 e. The molecule has 1 atom stereocenters. The molecule has 1 amide bonds. The number of benzene rings is 1. The molecular formula is C27H27F6N5O3. The number of aromatic nitrogens is 4. The van der Waals surface area contributed by atoms with Gasteiger partial charge in [-0.2, -0.15) is 36.1 Å². The number of hydrogen-bond donors (Lipinski definition) is 0. The minimum Gasteiger partial charge on any atom is -0.372 e. The molecule has 8 nitrogen and oxygen atoms in total. The van der Waals surface area contributed by atoms with Crippen molar-refractivity contribution in [1.29, 1.82) is 0 Å². The van der Waals surface area contributed by atoms with Crippen molar-refractivity contribution in [3.05, 3.63) is 70.9 Å². The van der Waals surface area contributed by atoms with E-state index in [1.807, 2.05) is 13.8 Å². The van der Waals surface area contributed by atoms with Crippen molar-refractivity contribution >= 4 is 11.7 Å². The van der Waals surface area contributed by atoms with Gasteiger partial charge < -0.3 is 9.64 Å². The van der Waals surface area contributed by atoms with Gasteiger partial charge in [0.05, 0.1) is 28.9 Å². The minimum absolute atomic E-state index is 0.0184. The molecule has 1 fully saturated rings. The van der Waals surface area contributed by atoms with Gasteiger partial charge in [-0.05, 0) is 50.6 Å². The summed E-state index contributed by atoms with van der Waals surface area (Å²) in [7, 11) is 0. The first-order chi connectivity index (χ1) is 19.0. The first kappa shape index (κ1) is 30.2. The molecule has 2 aromatic heterocycles. The summed E-state index contributed by atoms with van der Waals surface area (Å²) in [6, 6.07) is 4.01. The lowest BCUT2D eigenvalue weighted by Crippen LogP contribution is -2.50. The Bertz CT molecular complexity index is 1380. The maximum atomic E-state index is 13.2. The molecular weight excluding hydrogens is 556 g/mol. The predicted octanol–water partition coefficient (Wildman–Crippen LogP) is 5.72. The zero-order chi connectivity index (χ0) is 30.2. The van der Waals surface area contributed by atoms with Crippen LogP contribution in [-0.4, -0.2) is 61.6 Å². The molecule has 0 aliphatic carbocycles. The van der Waals surface area contributed by atoms with Crippen molar-refractivity contribution < 1.29 is 40.7 Å². The number of carbonyl (C=O) groups excluding carboxylic acids is 2. The summed E-state index contributed by atoms with van der Waals surface area (Å²) in [6.07, 6.45) is -7.70. The largest absolute Gasteiger partial charge is 0.416 e. The molecule has 220 valence electrons. The van der Waals surface area contributed by atoms with E-state index in [2.05, 4.69) is 15.1 Å². The van der Waals surface area contributed by atoms with E-state index in [4.69, 9.17) is 4.74 Å². The second kappa shape index (κ2) is 11.2. The second-order valence-electron chi connectivity index (χ2n) is 10.4. The van der Waals surface area contributed by atoms with E-state index in [1.165, 1.54) is 17.2 Å². The summed E-state index contributed by atoms with van der Waals surface area (Å²) >= 11 is 0. The number of carbonyl (C=O) groups is 2. The molecule has 0 N–H and O–H groups in total. The summed E-state index contributed by atoms with van der Waals surface area (Å²) in [6.45, 7) is 6.78. The zero-order valence-electron chi connectivity index (χ0n) is 22.4. The topological polar surface area (TPSA) is 90.2 Å². The monoisotopic (exact) mass is 583 g/mol. The third-order valence-electron chi connectivity index (χ3n) is 6.65. The first-order valence-corrected chi connectivity index (χ1v) is 12.7. The Balaban J connectivity index is 1.46. The molecule has 41 heavy (non-hydrogen) atoms. The van der Waals surface area contributed by atoms with E-state index in [1.54, 1.807) is 24.0 Å². The predicted molar refractivity (Wildman–Crippen MR) is 134 cm³/mol. The maximum absolute atomic E-state index is 13.2. The average Bonchev–Trinajstić information content (AvgIpc) is 3.39. The van der Waals surface area contributed by atoms with E-state index in [-0.39, 0.29) is 24.8 Å². The van der Waals surface area contributed by atoms with Crippen LogP contribution in [0.1, 0.15) is 77.2 Å². The van der Waals surface area contributed by atoms with Crippen LogP contribution in [-0.2, 0) is 17.1 Å². The second-order valence-corrected chi connectivity index (χ2v) is 10.4. The van der Waals surface area contributed by atoms with Crippen molar-refractivity contribution in [3.8, 4) is 5.82 Å². The SMILES string of the molecule is C[C@H](CCC(=O)c1cc(C(F)(F)F)cc(C(F)(F)F)c1)c1ncnn1-c1ccc(C(=O)N2CCOC(C)(C)C2)cn1. The Morgan fingerprint density at radius 3 is 2.22 bits per heavy atom. The van der Waals surface area contributed by atoms with E-state index >= 15 is 0 Å². The molecule has 0 spiro atoms. The fourth-order valence-electron chi connectivity index (χ4n) is 4.51. The van der Waals surface area contributed by atoms with E-state index < -0.39 is 46.3 Å². The number of alkyl halides is 6. The quantitative estimate of drug-likeness (QED) is 0.261. The van der Waals surface area contributed by atoms with Crippen LogP contribution in [0.4, 0.5) is 26.3 Å². The Labute approximate surface area is 231 Å². The van der Waals surface area contributed by atoms with E-state index in [0.717, 1.165) is 0 Å². The summed E-state index contributed by atoms with van der Waals surface area (Å²) < 4.78 is 86.1. The van der Waals surface area contributed by atoms with Crippen molar-refractivity contribution in [1.82, 2.24) is 24.6 Å². The Hall–Kier alpha value is -3.81. The number of amides is 1. The van der Waals surface area contributed by atoms with Crippen LogP contribution in [0.2, 0.25) is 0 Å². The van der Waals surface area contributed by atoms with Gasteiger partial charge in [0.1, 0.15) is 12.2 Å². The third-order valence-corrected chi connectivity index (χ3v) is 6.65. The minimum atomic E-state index is -5.05. The highest BCUT2D eigenvalue weighted by molar-refractivity contribution is 5.96. The van der Waals surface area contributed by atoms with Gasteiger partial charge in [0, 0.05) is 37.2 Å². The van der Waals surface area contributed by atoms with Gasteiger partial charge in [-0.25, -0.2) is 9.97 Å². The molecule has 0 bridgehead atoms. The first-order valence-electron chi connectivity index (χ1n) is 12.7. The number of rotatable bonds is 7. The van der Waals surface area contributed by atoms with Crippen molar-refractivity contribution in [2.75, 3.05) is 19.7 Å².